The lowest BCUT2D eigenvalue weighted by molar-refractivity contribution is -0.384. The lowest BCUT2D eigenvalue weighted by Crippen LogP contribution is -2.48. The molecule has 0 saturated carbocycles. The van der Waals surface area contributed by atoms with E-state index in [1.54, 1.807) is 30.3 Å². The van der Waals surface area contributed by atoms with Gasteiger partial charge in [-0.3, -0.25) is 14.9 Å². The van der Waals surface area contributed by atoms with Crippen LogP contribution < -0.4 is 5.32 Å². The third-order valence-electron chi connectivity index (χ3n) is 5.46. The molecule has 1 heterocycles. The topological polar surface area (TPSA) is 110 Å². The summed E-state index contributed by atoms with van der Waals surface area (Å²) in [5.74, 6) is -0.479. The van der Waals surface area contributed by atoms with E-state index in [1.165, 1.54) is 12.1 Å². The normalized spacial score (nSPS) is 16.9. The Balaban J connectivity index is 1.74. The van der Waals surface area contributed by atoms with Crippen LogP contribution in [0.3, 0.4) is 0 Å². The van der Waals surface area contributed by atoms with Crippen molar-refractivity contribution in [2.24, 2.45) is 0 Å². The minimum Gasteiger partial charge on any atom is -0.324 e. The van der Waals surface area contributed by atoms with Crippen LogP contribution in [0.2, 0.25) is 5.02 Å². The summed E-state index contributed by atoms with van der Waals surface area (Å²) in [5.41, 5.74) is 1.73. The number of nitrogens with one attached hydrogen (secondary N) is 1. The van der Waals surface area contributed by atoms with Crippen molar-refractivity contribution in [2.75, 3.05) is 6.54 Å². The number of rotatable bonds is 6. The molecule has 1 aliphatic rings. The molecule has 34 heavy (non-hydrogen) atoms. The van der Waals surface area contributed by atoms with Crippen LogP contribution in [0.4, 0.5) is 5.69 Å². The first-order valence-corrected chi connectivity index (χ1v) is 12.1. The number of nitro benzene ring substituents is 1. The third kappa shape index (κ3) is 5.01. The fraction of sp³-hybridized carbons (Fsp3) is 0.125. The van der Waals surface area contributed by atoms with Gasteiger partial charge >= 0.3 is 0 Å². The second kappa shape index (κ2) is 9.76. The number of nitrogens with zero attached hydrogens (tertiary/aromatic N) is 2. The number of benzene rings is 3. The van der Waals surface area contributed by atoms with Gasteiger partial charge in [-0.25, -0.2) is 8.42 Å². The molecule has 0 aliphatic carbocycles. The second-order valence-corrected chi connectivity index (χ2v) is 9.97. The van der Waals surface area contributed by atoms with Crippen molar-refractivity contribution in [3.8, 4) is 0 Å². The molecule has 10 heteroatoms. The van der Waals surface area contributed by atoms with Gasteiger partial charge in [0.05, 0.1) is 9.82 Å². The number of hydrogen-bond donors (Lipinski definition) is 1. The van der Waals surface area contributed by atoms with Crippen LogP contribution in [0.15, 0.2) is 89.8 Å². The Morgan fingerprint density at radius 1 is 1.00 bits per heavy atom. The summed E-state index contributed by atoms with van der Waals surface area (Å²) in [4.78, 5) is 23.6. The molecule has 174 valence electrons. The summed E-state index contributed by atoms with van der Waals surface area (Å²) in [6, 6.07) is 19.5. The minimum atomic E-state index is -4.16. The van der Waals surface area contributed by atoms with Gasteiger partial charge in [0.15, 0.2) is 0 Å². The highest BCUT2D eigenvalue weighted by Gasteiger charge is 2.37. The van der Waals surface area contributed by atoms with Gasteiger partial charge in [-0.2, -0.15) is 4.31 Å². The number of carbonyl (C=O) groups is 1. The predicted molar refractivity (Wildman–Crippen MR) is 128 cm³/mol. The largest absolute Gasteiger partial charge is 0.324 e. The molecule has 1 aliphatic heterocycles. The SMILES string of the molecule is O=C1NC(c2ccc(Cl)cc2)=CCN(S(=O)(=O)c2ccc([N+](=O)[O-])cc2)[C@H]1Cc1ccccc1. The molecule has 0 bridgehead atoms. The van der Waals surface area contributed by atoms with E-state index in [1.807, 2.05) is 30.3 Å². The maximum atomic E-state index is 13.6. The van der Waals surface area contributed by atoms with Crippen molar-refractivity contribution in [1.29, 1.82) is 0 Å². The summed E-state index contributed by atoms with van der Waals surface area (Å²) in [6.07, 6.45) is 1.79. The Morgan fingerprint density at radius 2 is 1.65 bits per heavy atom. The van der Waals surface area contributed by atoms with Crippen LogP contribution in [-0.2, 0) is 21.2 Å². The van der Waals surface area contributed by atoms with Crippen molar-refractivity contribution in [3.05, 3.63) is 111 Å². The first-order valence-electron chi connectivity index (χ1n) is 10.3. The van der Waals surface area contributed by atoms with E-state index in [2.05, 4.69) is 5.32 Å². The van der Waals surface area contributed by atoms with Crippen molar-refractivity contribution in [2.45, 2.75) is 17.4 Å². The van der Waals surface area contributed by atoms with Crippen molar-refractivity contribution >= 4 is 38.9 Å². The summed E-state index contributed by atoms with van der Waals surface area (Å²) < 4.78 is 28.3. The average molecular weight is 498 g/mol. The van der Waals surface area contributed by atoms with Gasteiger partial charge < -0.3 is 5.32 Å². The fourth-order valence-electron chi connectivity index (χ4n) is 3.70. The second-order valence-electron chi connectivity index (χ2n) is 7.65. The molecule has 0 unspecified atom stereocenters. The lowest BCUT2D eigenvalue weighted by Gasteiger charge is -2.27. The Hall–Kier alpha value is -3.53. The molecule has 4 rings (SSSR count). The molecule has 8 nitrogen and oxygen atoms in total. The van der Waals surface area contributed by atoms with Gasteiger partial charge in [-0.15, -0.1) is 0 Å². The number of carbonyl (C=O) groups excluding carboxylic acids is 1. The molecule has 3 aromatic carbocycles. The van der Waals surface area contributed by atoms with Crippen LogP contribution in [0.25, 0.3) is 5.70 Å². The van der Waals surface area contributed by atoms with Crippen molar-refractivity contribution in [1.82, 2.24) is 9.62 Å². The molecule has 0 radical (unpaired) electrons. The van der Waals surface area contributed by atoms with Gasteiger partial charge in [0, 0.05) is 29.4 Å². The molecule has 1 atom stereocenters. The van der Waals surface area contributed by atoms with E-state index >= 15 is 0 Å². The lowest BCUT2D eigenvalue weighted by atomic mass is 10.1. The van der Waals surface area contributed by atoms with Gasteiger partial charge in [0.25, 0.3) is 5.69 Å². The van der Waals surface area contributed by atoms with Gasteiger partial charge in [-0.1, -0.05) is 54.1 Å². The number of sulfonamides is 1. The van der Waals surface area contributed by atoms with Crippen LogP contribution in [-0.4, -0.2) is 36.1 Å². The monoisotopic (exact) mass is 497 g/mol. The van der Waals surface area contributed by atoms with E-state index in [4.69, 9.17) is 11.6 Å². The van der Waals surface area contributed by atoms with Gasteiger partial charge in [0.1, 0.15) is 6.04 Å². The van der Waals surface area contributed by atoms with Gasteiger partial charge in [-0.05, 0) is 47.9 Å². The Labute approximate surface area is 201 Å². The first kappa shape index (κ1) is 23.6. The minimum absolute atomic E-state index is 0.0759. The highest BCUT2D eigenvalue weighted by Crippen LogP contribution is 2.26. The standard InChI is InChI=1S/C24H20ClN3O5S/c25-19-8-6-18(7-9-19)22-14-15-27(23(24(29)26-22)16-17-4-2-1-3-5-17)34(32,33)21-12-10-20(11-13-21)28(30)31/h1-14,23H,15-16H2,(H,26,29)/t23-/m0/s1. The third-order valence-corrected chi connectivity index (χ3v) is 7.61. The average Bonchev–Trinajstić information content (AvgIpc) is 2.99. The van der Waals surface area contributed by atoms with Crippen LogP contribution in [0, 0.1) is 10.1 Å². The summed E-state index contributed by atoms with van der Waals surface area (Å²) in [5, 5.41) is 14.4. The highest BCUT2D eigenvalue weighted by atomic mass is 35.5. The molecule has 3 aromatic rings. The number of nitro groups is 1. The zero-order valence-corrected chi connectivity index (χ0v) is 19.4. The quantitative estimate of drug-likeness (QED) is 0.408. The van der Waals surface area contributed by atoms with E-state index in [-0.39, 0.29) is 23.5 Å². The molecule has 0 saturated heterocycles. The first-order chi connectivity index (χ1) is 16.3. The maximum Gasteiger partial charge on any atom is 0.269 e. The van der Waals surface area contributed by atoms with E-state index < -0.39 is 26.9 Å². The Bertz CT molecular complexity index is 1340. The Kier molecular flexibility index (Phi) is 6.78. The molecule has 0 aromatic heterocycles. The molecule has 1 N–H and O–H groups in total. The van der Waals surface area contributed by atoms with Crippen LogP contribution in [0.1, 0.15) is 11.1 Å². The van der Waals surface area contributed by atoms with Crippen LogP contribution >= 0.6 is 11.6 Å². The molecular formula is C24H20ClN3O5S. The molecule has 0 fully saturated rings. The molecular weight excluding hydrogens is 478 g/mol. The summed E-state index contributed by atoms with van der Waals surface area (Å²) in [6.45, 7) is -0.0759. The number of halogens is 1. The van der Waals surface area contributed by atoms with Crippen LogP contribution in [0.5, 0.6) is 0 Å². The van der Waals surface area contributed by atoms with E-state index in [9.17, 15) is 23.3 Å². The number of hydrogen-bond acceptors (Lipinski definition) is 5. The fourth-order valence-corrected chi connectivity index (χ4v) is 5.35. The summed E-state index contributed by atoms with van der Waals surface area (Å²) >= 11 is 5.97. The predicted octanol–water partition coefficient (Wildman–Crippen LogP) is 4.02. The Morgan fingerprint density at radius 3 is 2.26 bits per heavy atom. The van der Waals surface area contributed by atoms with E-state index in [0.717, 1.165) is 22.0 Å². The van der Waals surface area contributed by atoms with E-state index in [0.29, 0.717) is 16.3 Å². The molecule has 0 spiro atoms. The molecule has 1 amide bonds. The zero-order chi connectivity index (χ0) is 24.3. The smallest absolute Gasteiger partial charge is 0.269 e. The number of non-ortho nitro benzene ring substituents is 1. The number of amides is 1. The zero-order valence-electron chi connectivity index (χ0n) is 17.8. The van der Waals surface area contributed by atoms with Crippen molar-refractivity contribution in [3.63, 3.8) is 0 Å². The van der Waals surface area contributed by atoms with Crippen molar-refractivity contribution < 1.29 is 18.1 Å². The highest BCUT2D eigenvalue weighted by molar-refractivity contribution is 7.89. The maximum absolute atomic E-state index is 13.6. The van der Waals surface area contributed by atoms with Gasteiger partial charge in [0.2, 0.25) is 15.9 Å². The summed E-state index contributed by atoms with van der Waals surface area (Å²) in [7, 11) is -4.16.